The van der Waals surface area contributed by atoms with Crippen molar-refractivity contribution < 1.29 is 9.53 Å². The molecule has 0 bridgehead atoms. The van der Waals surface area contributed by atoms with Crippen molar-refractivity contribution in [2.75, 3.05) is 26.7 Å². The van der Waals surface area contributed by atoms with Gasteiger partial charge in [-0.15, -0.1) is 12.4 Å². The van der Waals surface area contributed by atoms with E-state index in [-0.39, 0.29) is 18.3 Å². The summed E-state index contributed by atoms with van der Waals surface area (Å²) in [5, 5.41) is 3.33. The quantitative estimate of drug-likeness (QED) is 0.817. The van der Waals surface area contributed by atoms with Gasteiger partial charge in [0, 0.05) is 19.5 Å². The van der Waals surface area contributed by atoms with Gasteiger partial charge in [-0.1, -0.05) is 12.1 Å². The Morgan fingerprint density at radius 1 is 1.36 bits per heavy atom. The van der Waals surface area contributed by atoms with E-state index < -0.39 is 0 Å². The van der Waals surface area contributed by atoms with E-state index in [0.29, 0.717) is 19.1 Å². The summed E-state index contributed by atoms with van der Waals surface area (Å²) in [5.41, 5.74) is 1.19. The van der Waals surface area contributed by atoms with Gasteiger partial charge in [-0.25, -0.2) is 0 Å². The summed E-state index contributed by atoms with van der Waals surface area (Å²) in [7, 11) is 1.93. The molecule has 1 fully saturated rings. The smallest absolute Gasteiger partial charge is 0.222 e. The summed E-state index contributed by atoms with van der Waals surface area (Å²) >= 11 is 0. The van der Waals surface area contributed by atoms with Crippen molar-refractivity contribution in [2.45, 2.75) is 38.6 Å². The Morgan fingerprint density at radius 3 is 2.77 bits per heavy atom. The third kappa shape index (κ3) is 5.85. The molecule has 5 heteroatoms. The maximum Gasteiger partial charge on any atom is 0.222 e. The van der Waals surface area contributed by atoms with Crippen LogP contribution in [0.3, 0.4) is 0 Å². The molecule has 0 aromatic heterocycles. The number of carbonyl (C=O) groups excluding carboxylic acids is 1. The fraction of sp³-hybridized carbons (Fsp3) is 0.588. The topological polar surface area (TPSA) is 41.6 Å². The first-order valence-corrected chi connectivity index (χ1v) is 7.82. The molecule has 0 unspecified atom stereocenters. The highest BCUT2D eigenvalue weighted by Gasteiger charge is 2.21. The number of nitrogens with zero attached hydrogens (tertiary/aromatic N) is 1. The van der Waals surface area contributed by atoms with Gasteiger partial charge in [0.15, 0.2) is 0 Å². The average Bonchev–Trinajstić information content (AvgIpc) is 2.51. The van der Waals surface area contributed by atoms with E-state index >= 15 is 0 Å². The summed E-state index contributed by atoms with van der Waals surface area (Å²) in [5.74, 6) is 1.11. The second kappa shape index (κ2) is 9.70. The van der Waals surface area contributed by atoms with Gasteiger partial charge < -0.3 is 15.0 Å². The Balaban J connectivity index is 0.00000242. The van der Waals surface area contributed by atoms with Crippen molar-refractivity contribution in [2.24, 2.45) is 0 Å². The zero-order valence-corrected chi connectivity index (χ0v) is 14.3. The molecule has 1 saturated heterocycles. The standard InChI is InChI=1S/C17H26N2O2.ClH/c1-14-5-3-6-16(13-14)21-12-4-7-17(20)19(2)15-8-10-18-11-9-15;/h3,5-6,13,15,18H,4,7-12H2,1-2H3;1H. The highest BCUT2D eigenvalue weighted by molar-refractivity contribution is 5.85. The molecule has 0 saturated carbocycles. The molecule has 1 amide bonds. The normalized spacial score (nSPS) is 15.0. The lowest BCUT2D eigenvalue weighted by atomic mass is 10.0. The minimum atomic E-state index is 0. The Hall–Kier alpha value is -1.26. The van der Waals surface area contributed by atoms with Gasteiger partial charge in [0.2, 0.25) is 5.91 Å². The minimum Gasteiger partial charge on any atom is -0.494 e. The van der Waals surface area contributed by atoms with Gasteiger partial charge in [-0.3, -0.25) is 4.79 Å². The number of rotatable bonds is 6. The molecule has 0 aliphatic carbocycles. The highest BCUT2D eigenvalue weighted by atomic mass is 35.5. The molecule has 1 aliphatic heterocycles. The number of ether oxygens (including phenoxy) is 1. The van der Waals surface area contributed by atoms with E-state index in [2.05, 4.69) is 5.32 Å². The molecule has 1 heterocycles. The van der Waals surface area contributed by atoms with Crippen LogP contribution in [0.25, 0.3) is 0 Å². The summed E-state index contributed by atoms with van der Waals surface area (Å²) in [6.07, 6.45) is 3.44. The van der Waals surface area contributed by atoms with E-state index in [1.54, 1.807) is 0 Å². The fourth-order valence-electron chi connectivity index (χ4n) is 2.69. The number of aryl methyl sites for hydroxylation is 1. The molecule has 1 N–H and O–H groups in total. The van der Waals surface area contributed by atoms with E-state index in [9.17, 15) is 4.79 Å². The summed E-state index contributed by atoms with van der Waals surface area (Å²) < 4.78 is 5.68. The largest absolute Gasteiger partial charge is 0.494 e. The van der Waals surface area contributed by atoms with Gasteiger partial charge in [0.05, 0.1) is 6.61 Å². The second-order valence-corrected chi connectivity index (χ2v) is 5.75. The fourth-order valence-corrected chi connectivity index (χ4v) is 2.69. The van der Waals surface area contributed by atoms with Crippen LogP contribution in [-0.4, -0.2) is 43.6 Å². The van der Waals surface area contributed by atoms with E-state index in [1.165, 1.54) is 5.56 Å². The van der Waals surface area contributed by atoms with Crippen LogP contribution in [0.1, 0.15) is 31.2 Å². The lowest BCUT2D eigenvalue weighted by Gasteiger charge is -2.31. The van der Waals surface area contributed by atoms with Crippen molar-refractivity contribution in [3.8, 4) is 5.75 Å². The first-order chi connectivity index (χ1) is 10.2. The van der Waals surface area contributed by atoms with E-state index in [0.717, 1.165) is 38.1 Å². The number of benzene rings is 1. The van der Waals surface area contributed by atoms with Crippen molar-refractivity contribution in [1.29, 1.82) is 0 Å². The maximum absolute atomic E-state index is 12.2. The SMILES string of the molecule is Cc1cccc(OCCCC(=O)N(C)C2CCNCC2)c1.Cl. The number of amides is 1. The van der Waals surface area contributed by atoms with Crippen molar-refractivity contribution in [1.82, 2.24) is 10.2 Å². The van der Waals surface area contributed by atoms with Crippen LogP contribution < -0.4 is 10.1 Å². The second-order valence-electron chi connectivity index (χ2n) is 5.75. The predicted octanol–water partition coefficient (Wildman–Crippen LogP) is 2.79. The van der Waals surface area contributed by atoms with Crippen LogP contribution in [0, 0.1) is 6.92 Å². The minimum absolute atomic E-state index is 0. The molecule has 0 radical (unpaired) electrons. The number of piperidine rings is 1. The number of hydrogen-bond donors (Lipinski definition) is 1. The van der Waals surface area contributed by atoms with Gasteiger partial charge in [-0.05, 0) is 57.0 Å². The molecule has 4 nitrogen and oxygen atoms in total. The van der Waals surface area contributed by atoms with Crippen LogP contribution >= 0.6 is 12.4 Å². The van der Waals surface area contributed by atoms with Crippen LogP contribution in [0.2, 0.25) is 0 Å². The Labute approximate surface area is 139 Å². The van der Waals surface area contributed by atoms with Crippen LogP contribution in [0.5, 0.6) is 5.75 Å². The highest BCUT2D eigenvalue weighted by Crippen LogP contribution is 2.14. The van der Waals surface area contributed by atoms with Gasteiger partial charge in [0.1, 0.15) is 5.75 Å². The molecule has 2 rings (SSSR count). The Morgan fingerprint density at radius 2 is 2.09 bits per heavy atom. The zero-order valence-electron chi connectivity index (χ0n) is 13.5. The third-order valence-corrected chi connectivity index (χ3v) is 4.04. The third-order valence-electron chi connectivity index (χ3n) is 4.04. The van der Waals surface area contributed by atoms with Crippen molar-refractivity contribution >= 4 is 18.3 Å². The number of carbonyl (C=O) groups is 1. The van der Waals surface area contributed by atoms with E-state index in [4.69, 9.17) is 4.74 Å². The van der Waals surface area contributed by atoms with Gasteiger partial charge in [0.25, 0.3) is 0 Å². The molecule has 1 aromatic carbocycles. The van der Waals surface area contributed by atoms with Crippen LogP contribution in [0.15, 0.2) is 24.3 Å². The summed E-state index contributed by atoms with van der Waals surface area (Å²) in [6.45, 7) is 4.66. The number of nitrogens with one attached hydrogen (secondary N) is 1. The monoisotopic (exact) mass is 326 g/mol. The van der Waals surface area contributed by atoms with E-state index in [1.807, 2.05) is 43.1 Å². The van der Waals surface area contributed by atoms with Gasteiger partial charge in [-0.2, -0.15) is 0 Å². The average molecular weight is 327 g/mol. The lowest BCUT2D eigenvalue weighted by molar-refractivity contribution is -0.132. The van der Waals surface area contributed by atoms with Crippen LogP contribution in [0.4, 0.5) is 0 Å². The first-order valence-electron chi connectivity index (χ1n) is 7.82. The van der Waals surface area contributed by atoms with Gasteiger partial charge >= 0.3 is 0 Å². The molecule has 1 aromatic rings. The maximum atomic E-state index is 12.2. The molecule has 0 atom stereocenters. The molecular weight excluding hydrogens is 300 g/mol. The lowest BCUT2D eigenvalue weighted by Crippen LogP contribution is -2.43. The number of hydrogen-bond acceptors (Lipinski definition) is 3. The molecule has 0 spiro atoms. The Bertz CT molecular complexity index is 462. The van der Waals surface area contributed by atoms with Crippen LogP contribution in [-0.2, 0) is 4.79 Å². The van der Waals surface area contributed by atoms with Crippen molar-refractivity contribution in [3.63, 3.8) is 0 Å². The molecular formula is C17H27ClN2O2. The first kappa shape index (κ1) is 18.8. The summed E-state index contributed by atoms with van der Waals surface area (Å²) in [4.78, 5) is 14.1. The van der Waals surface area contributed by atoms with Crippen molar-refractivity contribution in [3.05, 3.63) is 29.8 Å². The summed E-state index contributed by atoms with van der Waals surface area (Å²) in [6, 6.07) is 8.40. The molecule has 124 valence electrons. The Kier molecular flexibility index (Phi) is 8.28. The zero-order chi connectivity index (χ0) is 15.1. The number of halogens is 1. The predicted molar refractivity (Wildman–Crippen MR) is 91.8 cm³/mol. The molecule has 22 heavy (non-hydrogen) atoms. The molecule has 1 aliphatic rings.